The number of carbonyl (C=O) groups excluding carboxylic acids is 3. The third-order valence-electron chi connectivity index (χ3n) is 5.24. The average Bonchev–Trinajstić information content (AvgIpc) is 2.61. The fraction of sp³-hybridized carbons (Fsp3) is 0.571. The molecule has 1 fully saturated rings. The van der Waals surface area contributed by atoms with E-state index >= 15 is 0 Å². The zero-order valence-electron chi connectivity index (χ0n) is 17.1. The van der Waals surface area contributed by atoms with E-state index in [0.29, 0.717) is 48.4 Å². The van der Waals surface area contributed by atoms with Gasteiger partial charge < -0.3 is 19.1 Å². The van der Waals surface area contributed by atoms with Crippen molar-refractivity contribution in [3.8, 4) is 5.75 Å². The number of rotatable bonds is 1. The Morgan fingerprint density at radius 2 is 1.82 bits per heavy atom. The molecule has 2 heterocycles. The number of hydrogen-bond donors (Lipinski definition) is 0. The predicted molar refractivity (Wildman–Crippen MR) is 102 cm³/mol. The van der Waals surface area contributed by atoms with Crippen LogP contribution in [0.1, 0.15) is 66.3 Å². The molecule has 0 saturated carbocycles. The first-order chi connectivity index (χ1) is 13.1. The highest BCUT2D eigenvalue weighted by Crippen LogP contribution is 2.42. The summed E-state index contributed by atoms with van der Waals surface area (Å²) in [6.07, 6.45) is 0.965. The van der Waals surface area contributed by atoms with Crippen molar-refractivity contribution in [3.63, 3.8) is 0 Å². The largest absolute Gasteiger partial charge is 0.486 e. The second-order valence-corrected chi connectivity index (χ2v) is 8.46. The molecular weight excluding hydrogens is 362 g/mol. The van der Waals surface area contributed by atoms with Crippen molar-refractivity contribution in [1.29, 1.82) is 0 Å². The molecule has 0 bridgehead atoms. The third kappa shape index (κ3) is 3.84. The molecule has 1 saturated heterocycles. The maximum absolute atomic E-state index is 12.8. The standard InChI is InChI=1S/C21H27NO6/c1-13-14(18(24)26-5)6-7-15-16(23)12-21(27-17(13)15)8-10-22(11-9-21)19(25)28-20(2,3)4/h6-7H,8-12H2,1-5H3. The quantitative estimate of drug-likeness (QED) is 0.684. The first-order valence-corrected chi connectivity index (χ1v) is 9.47. The van der Waals surface area contributed by atoms with Crippen LogP contribution in [0.5, 0.6) is 5.75 Å². The Balaban J connectivity index is 1.80. The van der Waals surface area contributed by atoms with Gasteiger partial charge in [-0.1, -0.05) is 0 Å². The van der Waals surface area contributed by atoms with Gasteiger partial charge >= 0.3 is 12.1 Å². The Morgan fingerprint density at radius 3 is 2.39 bits per heavy atom. The van der Waals surface area contributed by atoms with E-state index in [1.54, 1.807) is 24.0 Å². The second kappa shape index (κ2) is 7.11. The molecule has 1 aromatic rings. The van der Waals surface area contributed by atoms with Crippen molar-refractivity contribution in [1.82, 2.24) is 4.90 Å². The number of nitrogens with zero attached hydrogens (tertiary/aromatic N) is 1. The number of fused-ring (bicyclic) bond motifs is 1. The fourth-order valence-corrected chi connectivity index (χ4v) is 3.72. The van der Waals surface area contributed by atoms with Gasteiger partial charge in [0.25, 0.3) is 0 Å². The van der Waals surface area contributed by atoms with E-state index in [1.807, 2.05) is 20.8 Å². The lowest BCUT2D eigenvalue weighted by molar-refractivity contribution is -0.0230. The number of ether oxygens (including phenoxy) is 3. The van der Waals surface area contributed by atoms with Crippen molar-refractivity contribution in [2.75, 3.05) is 20.2 Å². The molecule has 0 atom stereocenters. The number of esters is 1. The van der Waals surface area contributed by atoms with Crippen LogP contribution in [0, 0.1) is 6.92 Å². The molecule has 7 nitrogen and oxygen atoms in total. The Labute approximate surface area is 164 Å². The number of hydrogen-bond acceptors (Lipinski definition) is 6. The molecule has 0 aromatic heterocycles. The summed E-state index contributed by atoms with van der Waals surface area (Å²) in [5.74, 6) is -0.0212. The van der Waals surface area contributed by atoms with Gasteiger partial charge in [-0.2, -0.15) is 0 Å². The number of likely N-dealkylation sites (tertiary alicyclic amines) is 1. The number of piperidine rings is 1. The highest BCUT2D eigenvalue weighted by molar-refractivity contribution is 6.03. The van der Waals surface area contributed by atoms with E-state index in [2.05, 4.69) is 0 Å². The molecule has 1 amide bonds. The van der Waals surface area contributed by atoms with Gasteiger partial charge in [-0.3, -0.25) is 4.79 Å². The summed E-state index contributed by atoms with van der Waals surface area (Å²) in [6, 6.07) is 3.23. The number of methoxy groups -OCH3 is 1. The number of ketones is 1. The molecule has 0 aliphatic carbocycles. The van der Waals surface area contributed by atoms with Gasteiger partial charge in [-0.25, -0.2) is 9.59 Å². The lowest BCUT2D eigenvalue weighted by Gasteiger charge is -2.44. The van der Waals surface area contributed by atoms with Crippen molar-refractivity contribution < 1.29 is 28.6 Å². The van der Waals surface area contributed by atoms with Crippen LogP contribution in [0.2, 0.25) is 0 Å². The first kappa shape index (κ1) is 20.2. The minimum Gasteiger partial charge on any atom is -0.486 e. The number of benzene rings is 1. The Hall–Kier alpha value is -2.57. The summed E-state index contributed by atoms with van der Waals surface area (Å²) in [7, 11) is 1.32. The lowest BCUT2D eigenvalue weighted by atomic mass is 9.81. The van der Waals surface area contributed by atoms with E-state index in [4.69, 9.17) is 14.2 Å². The van der Waals surface area contributed by atoms with E-state index in [-0.39, 0.29) is 18.3 Å². The molecule has 2 aliphatic heterocycles. The molecule has 0 radical (unpaired) electrons. The Morgan fingerprint density at radius 1 is 1.18 bits per heavy atom. The van der Waals surface area contributed by atoms with Crippen molar-refractivity contribution in [3.05, 3.63) is 28.8 Å². The number of carbonyl (C=O) groups is 3. The van der Waals surface area contributed by atoms with E-state index in [1.165, 1.54) is 7.11 Å². The third-order valence-corrected chi connectivity index (χ3v) is 5.24. The Bertz CT molecular complexity index is 815. The van der Waals surface area contributed by atoms with Crippen LogP contribution in [0.15, 0.2) is 12.1 Å². The van der Waals surface area contributed by atoms with E-state index < -0.39 is 17.2 Å². The second-order valence-electron chi connectivity index (χ2n) is 8.46. The maximum atomic E-state index is 12.8. The van der Waals surface area contributed by atoms with E-state index in [9.17, 15) is 14.4 Å². The lowest BCUT2D eigenvalue weighted by Crippen LogP contribution is -2.53. The van der Waals surface area contributed by atoms with Crippen LogP contribution in [-0.4, -0.2) is 54.1 Å². The van der Waals surface area contributed by atoms with Gasteiger partial charge in [0.05, 0.1) is 24.7 Å². The van der Waals surface area contributed by atoms with Gasteiger partial charge in [0.15, 0.2) is 5.78 Å². The monoisotopic (exact) mass is 389 g/mol. The highest BCUT2D eigenvalue weighted by atomic mass is 16.6. The van der Waals surface area contributed by atoms with Gasteiger partial charge in [0, 0.05) is 31.5 Å². The fourth-order valence-electron chi connectivity index (χ4n) is 3.72. The number of amides is 1. The topological polar surface area (TPSA) is 82.1 Å². The molecule has 1 spiro atoms. The molecule has 2 aliphatic rings. The predicted octanol–water partition coefficient (Wildman–Crippen LogP) is 3.52. The molecule has 1 aromatic carbocycles. The minimum atomic E-state index is -0.665. The molecule has 3 rings (SSSR count). The van der Waals surface area contributed by atoms with Crippen molar-refractivity contribution in [2.24, 2.45) is 0 Å². The summed E-state index contributed by atoms with van der Waals surface area (Å²) in [5.41, 5.74) is 0.264. The first-order valence-electron chi connectivity index (χ1n) is 9.47. The molecule has 152 valence electrons. The molecular formula is C21H27NO6. The van der Waals surface area contributed by atoms with Crippen molar-refractivity contribution >= 4 is 17.8 Å². The SMILES string of the molecule is COC(=O)c1ccc2c(c1C)OC1(CCN(C(=O)OC(C)(C)C)CC1)CC2=O. The molecule has 28 heavy (non-hydrogen) atoms. The smallest absolute Gasteiger partial charge is 0.410 e. The van der Waals surface area contributed by atoms with Crippen molar-refractivity contribution in [2.45, 2.75) is 58.2 Å². The van der Waals surface area contributed by atoms with Gasteiger partial charge in [-0.15, -0.1) is 0 Å². The average molecular weight is 389 g/mol. The summed E-state index contributed by atoms with van der Waals surface area (Å²) in [4.78, 5) is 38.7. The van der Waals surface area contributed by atoms with Gasteiger partial charge in [-0.05, 0) is 39.8 Å². The number of Topliss-reactive ketones (excluding diaryl/α,β-unsaturated/α-hetero) is 1. The Kier molecular flexibility index (Phi) is 5.12. The van der Waals surface area contributed by atoms with Gasteiger partial charge in [0.1, 0.15) is 17.0 Å². The summed E-state index contributed by atoms with van der Waals surface area (Å²) in [6.45, 7) is 8.15. The zero-order chi connectivity index (χ0) is 20.7. The minimum absolute atomic E-state index is 0.00789. The maximum Gasteiger partial charge on any atom is 0.410 e. The van der Waals surface area contributed by atoms with Gasteiger partial charge in [0.2, 0.25) is 0 Å². The molecule has 7 heteroatoms. The molecule has 0 unspecified atom stereocenters. The van der Waals surface area contributed by atoms with Crippen LogP contribution in [-0.2, 0) is 9.47 Å². The van der Waals surface area contributed by atoms with Crippen LogP contribution >= 0.6 is 0 Å². The highest BCUT2D eigenvalue weighted by Gasteiger charge is 2.45. The normalized spacial score (nSPS) is 18.3. The summed E-state index contributed by atoms with van der Waals surface area (Å²) in [5, 5.41) is 0. The van der Waals surface area contributed by atoms with Crippen LogP contribution in [0.3, 0.4) is 0 Å². The van der Waals surface area contributed by atoms with Crippen LogP contribution in [0.4, 0.5) is 4.79 Å². The summed E-state index contributed by atoms with van der Waals surface area (Å²) < 4.78 is 16.6. The van der Waals surface area contributed by atoms with E-state index in [0.717, 1.165) is 0 Å². The molecule has 0 N–H and O–H groups in total. The summed E-state index contributed by atoms with van der Waals surface area (Å²) >= 11 is 0. The van der Waals surface area contributed by atoms with Crippen LogP contribution in [0.25, 0.3) is 0 Å². The van der Waals surface area contributed by atoms with Crippen LogP contribution < -0.4 is 4.74 Å². The zero-order valence-corrected chi connectivity index (χ0v) is 17.1.